The van der Waals surface area contributed by atoms with Crippen LogP contribution in [0.25, 0.3) is 0 Å². The zero-order valence-electron chi connectivity index (χ0n) is 14.5. The number of benzene rings is 1. The predicted molar refractivity (Wildman–Crippen MR) is 97.7 cm³/mol. The monoisotopic (exact) mass is 410 g/mol. The van der Waals surface area contributed by atoms with Gasteiger partial charge in [-0.1, -0.05) is 23.7 Å². The Morgan fingerprint density at radius 1 is 1.30 bits per heavy atom. The summed E-state index contributed by atoms with van der Waals surface area (Å²) in [6, 6.07) is 8.90. The molecule has 1 aromatic carbocycles. The molecule has 0 bridgehead atoms. The van der Waals surface area contributed by atoms with E-state index in [-0.39, 0.29) is 22.5 Å². The van der Waals surface area contributed by atoms with Gasteiger partial charge in [-0.25, -0.2) is 22.5 Å². The first-order valence-electron chi connectivity index (χ1n) is 7.83. The standard InChI is InChI=1S/C17H16ClFN4O3S/c1-11-16(17(18)23(2)22-11)27(24,25)21-10-12-6-7-15(20-9-12)26-14-5-3-4-13(19)8-14/h3-9,21H,10H2,1-2H3. The van der Waals surface area contributed by atoms with Crippen molar-refractivity contribution in [1.29, 1.82) is 0 Å². The normalized spacial score (nSPS) is 11.6. The first-order chi connectivity index (χ1) is 12.8. The lowest BCUT2D eigenvalue weighted by atomic mass is 10.3. The molecule has 27 heavy (non-hydrogen) atoms. The molecule has 0 saturated carbocycles. The molecular weight excluding hydrogens is 395 g/mol. The Balaban J connectivity index is 1.68. The molecule has 0 amide bonds. The smallest absolute Gasteiger partial charge is 0.245 e. The van der Waals surface area contributed by atoms with E-state index in [9.17, 15) is 12.8 Å². The molecule has 3 rings (SSSR count). The van der Waals surface area contributed by atoms with Crippen LogP contribution >= 0.6 is 11.6 Å². The second-order valence-electron chi connectivity index (χ2n) is 5.72. The number of aryl methyl sites for hydroxylation is 2. The minimum atomic E-state index is -3.83. The lowest BCUT2D eigenvalue weighted by molar-refractivity contribution is 0.457. The first kappa shape index (κ1) is 19.3. The fraction of sp³-hybridized carbons (Fsp3) is 0.176. The van der Waals surface area contributed by atoms with Crippen molar-refractivity contribution in [2.45, 2.75) is 18.4 Å². The van der Waals surface area contributed by atoms with Crippen LogP contribution in [0.1, 0.15) is 11.3 Å². The molecule has 1 N–H and O–H groups in total. The van der Waals surface area contributed by atoms with Gasteiger partial charge in [0.1, 0.15) is 21.6 Å². The molecule has 0 aliphatic carbocycles. The number of hydrogen-bond acceptors (Lipinski definition) is 5. The van der Waals surface area contributed by atoms with Gasteiger partial charge in [0.05, 0.1) is 5.69 Å². The van der Waals surface area contributed by atoms with E-state index >= 15 is 0 Å². The third-order valence-corrected chi connectivity index (χ3v) is 5.75. The van der Waals surface area contributed by atoms with Crippen molar-refractivity contribution in [3.8, 4) is 11.6 Å². The van der Waals surface area contributed by atoms with Crippen LogP contribution in [-0.2, 0) is 23.6 Å². The summed E-state index contributed by atoms with van der Waals surface area (Å²) < 4.78 is 47.3. The highest BCUT2D eigenvalue weighted by atomic mass is 35.5. The summed E-state index contributed by atoms with van der Waals surface area (Å²) in [7, 11) is -2.26. The third kappa shape index (κ3) is 4.44. The summed E-state index contributed by atoms with van der Waals surface area (Å²) in [5, 5.41) is 4.04. The van der Waals surface area contributed by atoms with E-state index in [0.29, 0.717) is 17.0 Å². The van der Waals surface area contributed by atoms with Crippen molar-refractivity contribution in [2.75, 3.05) is 0 Å². The molecule has 0 radical (unpaired) electrons. The molecule has 0 aliphatic heterocycles. The summed E-state index contributed by atoms with van der Waals surface area (Å²) in [6.07, 6.45) is 1.47. The van der Waals surface area contributed by atoms with E-state index in [2.05, 4.69) is 14.8 Å². The van der Waals surface area contributed by atoms with Gasteiger partial charge in [-0.3, -0.25) is 4.68 Å². The molecule has 0 unspecified atom stereocenters. The topological polar surface area (TPSA) is 86.1 Å². The van der Waals surface area contributed by atoms with E-state index in [1.165, 1.54) is 29.1 Å². The first-order valence-corrected chi connectivity index (χ1v) is 9.69. The second-order valence-corrected chi connectivity index (χ2v) is 7.78. The van der Waals surface area contributed by atoms with Gasteiger partial charge in [-0.15, -0.1) is 0 Å². The van der Waals surface area contributed by atoms with E-state index in [4.69, 9.17) is 16.3 Å². The van der Waals surface area contributed by atoms with Crippen molar-refractivity contribution in [3.63, 3.8) is 0 Å². The second kappa shape index (κ2) is 7.63. The average Bonchev–Trinajstić information content (AvgIpc) is 2.87. The highest BCUT2D eigenvalue weighted by Crippen LogP contribution is 2.24. The summed E-state index contributed by atoms with van der Waals surface area (Å²) in [5.41, 5.74) is 0.926. The van der Waals surface area contributed by atoms with Gasteiger partial charge in [-0.05, 0) is 24.6 Å². The van der Waals surface area contributed by atoms with Crippen LogP contribution < -0.4 is 9.46 Å². The highest BCUT2D eigenvalue weighted by molar-refractivity contribution is 7.89. The Hall–Kier alpha value is -2.49. The van der Waals surface area contributed by atoms with Gasteiger partial charge >= 0.3 is 0 Å². The fourth-order valence-electron chi connectivity index (χ4n) is 2.39. The minimum Gasteiger partial charge on any atom is -0.439 e. The summed E-state index contributed by atoms with van der Waals surface area (Å²) in [6.45, 7) is 1.58. The number of sulfonamides is 1. The molecule has 2 heterocycles. The number of ether oxygens (including phenoxy) is 1. The molecule has 10 heteroatoms. The SMILES string of the molecule is Cc1nn(C)c(Cl)c1S(=O)(=O)NCc1ccc(Oc2cccc(F)c2)nc1. The van der Waals surface area contributed by atoms with Crippen LogP contribution in [0.2, 0.25) is 5.15 Å². The van der Waals surface area contributed by atoms with E-state index in [1.807, 2.05) is 0 Å². The Labute approximate surface area is 160 Å². The van der Waals surface area contributed by atoms with Crippen LogP contribution in [0.5, 0.6) is 11.6 Å². The number of halogens is 2. The molecule has 0 spiro atoms. The molecule has 0 saturated heterocycles. The van der Waals surface area contributed by atoms with Gasteiger partial charge in [0, 0.05) is 31.9 Å². The van der Waals surface area contributed by atoms with Crippen molar-refractivity contribution in [1.82, 2.24) is 19.5 Å². The lowest BCUT2D eigenvalue weighted by Gasteiger charge is -2.08. The molecular formula is C17H16ClFN4O3S. The number of aromatic nitrogens is 3. The third-order valence-electron chi connectivity index (χ3n) is 3.65. The van der Waals surface area contributed by atoms with E-state index in [0.717, 1.165) is 0 Å². The maximum absolute atomic E-state index is 13.2. The Morgan fingerprint density at radius 2 is 2.07 bits per heavy atom. The lowest BCUT2D eigenvalue weighted by Crippen LogP contribution is -2.24. The number of pyridine rings is 1. The summed E-state index contributed by atoms with van der Waals surface area (Å²) in [4.78, 5) is 4.04. The largest absolute Gasteiger partial charge is 0.439 e. The molecule has 7 nitrogen and oxygen atoms in total. The maximum Gasteiger partial charge on any atom is 0.245 e. The van der Waals surface area contributed by atoms with Crippen molar-refractivity contribution in [2.24, 2.45) is 7.05 Å². The maximum atomic E-state index is 13.2. The number of hydrogen-bond donors (Lipinski definition) is 1. The van der Waals surface area contributed by atoms with Crippen molar-refractivity contribution < 1.29 is 17.5 Å². The zero-order valence-corrected chi connectivity index (χ0v) is 16.1. The Bertz CT molecular complexity index is 1070. The van der Waals surface area contributed by atoms with Gasteiger partial charge in [-0.2, -0.15) is 5.10 Å². The molecule has 142 valence electrons. The van der Waals surface area contributed by atoms with Crippen molar-refractivity contribution >= 4 is 21.6 Å². The molecule has 0 aliphatic rings. The van der Waals surface area contributed by atoms with Gasteiger partial charge in [0.2, 0.25) is 15.9 Å². The molecule has 3 aromatic rings. The Kier molecular flexibility index (Phi) is 5.45. The van der Waals surface area contributed by atoms with E-state index < -0.39 is 15.8 Å². The Morgan fingerprint density at radius 3 is 2.67 bits per heavy atom. The quantitative estimate of drug-likeness (QED) is 0.674. The molecule has 0 atom stereocenters. The van der Waals surface area contributed by atoms with Crippen molar-refractivity contribution in [3.05, 3.63) is 64.8 Å². The summed E-state index contributed by atoms with van der Waals surface area (Å²) >= 11 is 6.01. The van der Waals surface area contributed by atoms with Crippen LogP contribution in [0, 0.1) is 12.7 Å². The van der Waals surface area contributed by atoms with Crippen LogP contribution in [-0.4, -0.2) is 23.2 Å². The minimum absolute atomic E-state index is 0.0141. The number of nitrogens with one attached hydrogen (secondary N) is 1. The fourth-order valence-corrected chi connectivity index (χ4v) is 4.16. The van der Waals surface area contributed by atoms with Gasteiger partial charge in [0.25, 0.3) is 0 Å². The highest BCUT2D eigenvalue weighted by Gasteiger charge is 2.24. The van der Waals surface area contributed by atoms with E-state index in [1.54, 1.807) is 32.2 Å². The molecule has 2 aromatic heterocycles. The van der Waals surface area contributed by atoms with Gasteiger partial charge < -0.3 is 4.74 Å². The van der Waals surface area contributed by atoms with Crippen LogP contribution in [0.15, 0.2) is 47.5 Å². The summed E-state index contributed by atoms with van der Waals surface area (Å²) in [5.74, 6) is 0.166. The van der Waals surface area contributed by atoms with Crippen LogP contribution in [0.4, 0.5) is 4.39 Å². The number of rotatable bonds is 6. The zero-order chi connectivity index (χ0) is 19.6. The predicted octanol–water partition coefficient (Wildman–Crippen LogP) is 3.19. The van der Waals surface area contributed by atoms with Crippen LogP contribution in [0.3, 0.4) is 0 Å². The molecule has 0 fully saturated rings. The average molecular weight is 411 g/mol. The number of nitrogens with zero attached hydrogens (tertiary/aromatic N) is 3. The van der Waals surface area contributed by atoms with Gasteiger partial charge in [0.15, 0.2) is 0 Å².